The number of nitrogens with zero attached hydrogens (tertiary/aromatic N) is 1. The van der Waals surface area contributed by atoms with Gasteiger partial charge in [-0.2, -0.15) is 8.78 Å². The third kappa shape index (κ3) is 4.25. The van der Waals surface area contributed by atoms with E-state index in [9.17, 15) is 27.7 Å². The van der Waals surface area contributed by atoms with Gasteiger partial charge in [0.15, 0.2) is 6.61 Å². The zero-order valence-corrected chi connectivity index (χ0v) is 10.4. The first kappa shape index (κ1) is 16.0. The van der Waals surface area contributed by atoms with Gasteiger partial charge in [0.1, 0.15) is 5.75 Å². The van der Waals surface area contributed by atoms with Gasteiger partial charge in [-0.25, -0.2) is 8.78 Å². The first-order valence-corrected chi connectivity index (χ1v) is 5.58. The Morgan fingerprint density at radius 1 is 1.40 bits per heavy atom. The molecule has 1 aromatic carbocycles. The van der Waals surface area contributed by atoms with Crippen molar-refractivity contribution in [3.8, 4) is 5.75 Å². The van der Waals surface area contributed by atoms with Crippen LogP contribution in [0, 0.1) is 10.1 Å². The maximum atomic E-state index is 12.7. The number of anilines is 1. The van der Waals surface area contributed by atoms with Crippen LogP contribution in [0.25, 0.3) is 0 Å². The van der Waals surface area contributed by atoms with Crippen molar-refractivity contribution in [2.75, 3.05) is 18.5 Å². The van der Waals surface area contributed by atoms with Crippen LogP contribution in [-0.2, 0) is 0 Å². The first-order chi connectivity index (χ1) is 9.26. The lowest BCUT2D eigenvalue weighted by Crippen LogP contribution is -2.33. The van der Waals surface area contributed by atoms with Gasteiger partial charge >= 0.3 is 12.3 Å². The Kier molecular flexibility index (Phi) is 5.12. The van der Waals surface area contributed by atoms with Crippen LogP contribution in [0.5, 0.6) is 5.75 Å². The van der Waals surface area contributed by atoms with Gasteiger partial charge in [-0.3, -0.25) is 10.1 Å². The van der Waals surface area contributed by atoms with Crippen molar-refractivity contribution < 1.29 is 27.2 Å². The van der Waals surface area contributed by atoms with Crippen molar-refractivity contribution in [3.63, 3.8) is 0 Å². The van der Waals surface area contributed by atoms with E-state index in [1.165, 1.54) is 12.1 Å². The van der Waals surface area contributed by atoms with Crippen molar-refractivity contribution in [3.05, 3.63) is 28.3 Å². The van der Waals surface area contributed by atoms with Crippen LogP contribution in [0.15, 0.2) is 18.2 Å². The molecular formula is C11H12F4N2O3. The highest BCUT2D eigenvalue weighted by Crippen LogP contribution is 2.29. The van der Waals surface area contributed by atoms with Crippen molar-refractivity contribution in [2.45, 2.75) is 19.3 Å². The molecule has 0 unspecified atom stereocenters. The second-order valence-corrected chi connectivity index (χ2v) is 3.85. The molecule has 0 atom stereocenters. The summed E-state index contributed by atoms with van der Waals surface area (Å²) in [6.45, 7) is 0.607. The van der Waals surface area contributed by atoms with Crippen molar-refractivity contribution >= 4 is 11.4 Å². The molecule has 0 bridgehead atoms. The quantitative estimate of drug-likeness (QED) is 0.476. The number of hydrogen-bond donors (Lipinski definition) is 1. The predicted molar refractivity (Wildman–Crippen MR) is 63.7 cm³/mol. The highest BCUT2D eigenvalue weighted by Gasteiger charge is 2.41. The molecule has 0 radical (unpaired) electrons. The van der Waals surface area contributed by atoms with Gasteiger partial charge in [-0.15, -0.1) is 0 Å². The summed E-state index contributed by atoms with van der Waals surface area (Å²) in [6, 6.07) is 3.29. The van der Waals surface area contributed by atoms with E-state index in [2.05, 4.69) is 10.1 Å². The third-order valence-electron chi connectivity index (χ3n) is 2.23. The summed E-state index contributed by atoms with van der Waals surface area (Å²) < 4.78 is 53.9. The smallest absolute Gasteiger partial charge is 0.340 e. The van der Waals surface area contributed by atoms with Gasteiger partial charge in [0.2, 0.25) is 0 Å². The van der Waals surface area contributed by atoms with Crippen LogP contribution >= 0.6 is 0 Å². The zero-order valence-electron chi connectivity index (χ0n) is 10.4. The van der Waals surface area contributed by atoms with Crippen molar-refractivity contribution in [1.29, 1.82) is 0 Å². The van der Waals surface area contributed by atoms with Gasteiger partial charge < -0.3 is 10.1 Å². The van der Waals surface area contributed by atoms with Crippen LogP contribution in [0.4, 0.5) is 28.9 Å². The molecule has 5 nitrogen and oxygen atoms in total. The average Bonchev–Trinajstić information content (AvgIpc) is 2.36. The van der Waals surface area contributed by atoms with Crippen LogP contribution in [0.3, 0.4) is 0 Å². The molecule has 112 valence electrons. The number of benzene rings is 1. The molecule has 1 rings (SSSR count). The second kappa shape index (κ2) is 6.40. The zero-order chi connectivity index (χ0) is 15.3. The summed E-state index contributed by atoms with van der Waals surface area (Å²) in [5, 5.41) is 13.4. The van der Waals surface area contributed by atoms with E-state index in [0.29, 0.717) is 6.54 Å². The van der Waals surface area contributed by atoms with E-state index < -0.39 is 23.9 Å². The standard InChI is InChI=1S/C11H12F4N2O3/c1-2-16-7-3-8(17(18)19)5-9(4-7)20-6-11(14,15)10(12)13/h3-5,10,16H,2,6H2,1H3. The van der Waals surface area contributed by atoms with Crippen LogP contribution in [0.1, 0.15) is 6.92 Å². The van der Waals surface area contributed by atoms with Crippen LogP contribution in [-0.4, -0.2) is 30.4 Å². The number of ether oxygens (including phenoxy) is 1. The summed E-state index contributed by atoms with van der Waals surface area (Å²) in [5.41, 5.74) is -0.115. The predicted octanol–water partition coefficient (Wildman–Crippen LogP) is 3.31. The molecule has 1 N–H and O–H groups in total. The molecule has 0 amide bonds. The van der Waals surface area contributed by atoms with Crippen LogP contribution in [0.2, 0.25) is 0 Å². The first-order valence-electron chi connectivity index (χ1n) is 5.58. The average molecular weight is 296 g/mol. The van der Waals surface area contributed by atoms with Gasteiger partial charge in [0.25, 0.3) is 5.69 Å². The minimum absolute atomic E-state index is 0.275. The van der Waals surface area contributed by atoms with Crippen molar-refractivity contribution in [1.82, 2.24) is 0 Å². The fourth-order valence-corrected chi connectivity index (χ4v) is 1.32. The fourth-order valence-electron chi connectivity index (χ4n) is 1.32. The number of nitro benzene ring substituents is 1. The maximum Gasteiger partial charge on any atom is 0.340 e. The van der Waals surface area contributed by atoms with Gasteiger partial charge in [-0.1, -0.05) is 0 Å². The molecule has 0 aliphatic heterocycles. The molecule has 0 heterocycles. The number of nitro groups is 1. The lowest BCUT2D eigenvalue weighted by Gasteiger charge is -2.16. The van der Waals surface area contributed by atoms with Gasteiger partial charge in [0, 0.05) is 24.4 Å². The Balaban J connectivity index is 2.91. The number of rotatable bonds is 7. The molecule has 0 spiro atoms. The fraction of sp³-hybridized carbons (Fsp3) is 0.455. The molecule has 0 fully saturated rings. The van der Waals surface area contributed by atoms with E-state index in [4.69, 9.17) is 0 Å². The molecule has 0 aliphatic carbocycles. The number of non-ortho nitro benzene ring substituents is 1. The Morgan fingerprint density at radius 2 is 2.05 bits per heavy atom. The van der Waals surface area contributed by atoms with E-state index >= 15 is 0 Å². The normalized spacial score (nSPS) is 11.5. The number of nitrogens with one attached hydrogen (secondary N) is 1. The summed E-state index contributed by atoms with van der Waals surface area (Å²) in [7, 11) is 0. The van der Waals surface area contributed by atoms with Gasteiger partial charge in [-0.05, 0) is 6.92 Å². The molecule has 0 aliphatic rings. The van der Waals surface area contributed by atoms with E-state index in [1.54, 1.807) is 6.92 Å². The summed E-state index contributed by atoms with van der Waals surface area (Å²) in [6.07, 6.45) is -3.87. The van der Waals surface area contributed by atoms with Crippen molar-refractivity contribution in [2.24, 2.45) is 0 Å². The lowest BCUT2D eigenvalue weighted by molar-refractivity contribution is -0.384. The second-order valence-electron chi connectivity index (χ2n) is 3.85. The minimum Gasteiger partial charge on any atom is -0.487 e. The van der Waals surface area contributed by atoms with E-state index in [0.717, 1.165) is 6.07 Å². The highest BCUT2D eigenvalue weighted by atomic mass is 19.3. The number of hydrogen-bond acceptors (Lipinski definition) is 4. The van der Waals surface area contributed by atoms with Crippen LogP contribution < -0.4 is 10.1 Å². The molecule has 1 aromatic rings. The largest absolute Gasteiger partial charge is 0.487 e. The SMILES string of the molecule is CCNc1cc(OCC(F)(F)C(F)F)cc([N+](=O)[O-])c1. The Bertz CT molecular complexity index is 483. The molecule has 20 heavy (non-hydrogen) atoms. The van der Waals surface area contributed by atoms with E-state index in [-0.39, 0.29) is 17.1 Å². The molecule has 0 saturated heterocycles. The minimum atomic E-state index is -4.32. The Hall–Kier alpha value is -2.06. The molecular weight excluding hydrogens is 284 g/mol. The third-order valence-corrected chi connectivity index (χ3v) is 2.23. The lowest BCUT2D eigenvalue weighted by atomic mass is 10.2. The Labute approximate surface area is 111 Å². The Morgan fingerprint density at radius 3 is 2.55 bits per heavy atom. The number of alkyl halides is 4. The summed E-state index contributed by atoms with van der Waals surface area (Å²) >= 11 is 0. The number of halogens is 4. The molecule has 0 saturated carbocycles. The highest BCUT2D eigenvalue weighted by molar-refractivity contribution is 5.56. The molecule has 0 aromatic heterocycles. The topological polar surface area (TPSA) is 64.4 Å². The van der Waals surface area contributed by atoms with E-state index in [1.807, 2.05) is 0 Å². The monoisotopic (exact) mass is 296 g/mol. The molecule has 9 heteroatoms. The summed E-state index contributed by atoms with van der Waals surface area (Å²) in [5.74, 6) is -4.60. The summed E-state index contributed by atoms with van der Waals surface area (Å²) in [4.78, 5) is 9.94. The van der Waals surface area contributed by atoms with Gasteiger partial charge in [0.05, 0.1) is 11.0 Å². The maximum absolute atomic E-state index is 12.7.